The molecular weight excluding hydrogens is 164 g/mol. The predicted octanol–water partition coefficient (Wildman–Crippen LogP) is 0.674. The Bertz CT molecular complexity index is 115. The average Bonchev–Trinajstić information content (AvgIpc) is 2.07. The summed E-state index contributed by atoms with van der Waals surface area (Å²) in [5.74, 6) is 0.160. The Hall–Kier alpha value is -0.120. The summed E-state index contributed by atoms with van der Waals surface area (Å²) in [5, 5.41) is 9.19. The molecule has 0 aliphatic heterocycles. The van der Waals surface area contributed by atoms with Crippen LogP contribution in [0.1, 0.15) is 27.7 Å². The van der Waals surface area contributed by atoms with Crippen LogP contribution in [0.4, 0.5) is 0 Å². The van der Waals surface area contributed by atoms with Crippen LogP contribution in [-0.4, -0.2) is 41.8 Å². The molecule has 0 rings (SSSR count). The van der Waals surface area contributed by atoms with Gasteiger partial charge < -0.3 is 10.8 Å². The first-order chi connectivity index (χ1) is 6.04. The molecule has 0 radical (unpaired) electrons. The lowest BCUT2D eigenvalue weighted by molar-refractivity contribution is 0.0435. The fourth-order valence-electron chi connectivity index (χ4n) is 1.88. The minimum Gasteiger partial charge on any atom is -0.396 e. The minimum absolute atomic E-state index is 0.00694. The molecule has 0 amide bonds. The molecule has 1 unspecified atom stereocenters. The highest BCUT2D eigenvalue weighted by molar-refractivity contribution is 4.88. The third-order valence-electron chi connectivity index (χ3n) is 3.08. The van der Waals surface area contributed by atoms with Crippen LogP contribution in [0, 0.1) is 5.92 Å². The second kappa shape index (κ2) is 5.58. The Morgan fingerprint density at radius 1 is 1.31 bits per heavy atom. The van der Waals surface area contributed by atoms with Gasteiger partial charge in [-0.25, -0.2) is 0 Å². The van der Waals surface area contributed by atoms with Gasteiger partial charge in [-0.2, -0.15) is 0 Å². The molecule has 0 aromatic carbocycles. The number of nitrogens with two attached hydrogens (primary N) is 1. The van der Waals surface area contributed by atoms with E-state index in [1.165, 1.54) is 0 Å². The van der Waals surface area contributed by atoms with Crippen molar-refractivity contribution in [1.29, 1.82) is 0 Å². The first kappa shape index (κ1) is 12.9. The fourth-order valence-corrected chi connectivity index (χ4v) is 1.88. The summed E-state index contributed by atoms with van der Waals surface area (Å²) in [6.45, 7) is 11.3. The van der Waals surface area contributed by atoms with Crippen molar-refractivity contribution in [3.05, 3.63) is 0 Å². The summed E-state index contributed by atoms with van der Waals surface area (Å²) in [5.41, 5.74) is 5.62. The number of hydrogen-bond acceptors (Lipinski definition) is 3. The second-order valence-corrected chi connectivity index (χ2v) is 3.94. The van der Waals surface area contributed by atoms with E-state index in [9.17, 15) is 5.11 Å². The van der Waals surface area contributed by atoms with E-state index < -0.39 is 0 Å². The van der Waals surface area contributed by atoms with E-state index >= 15 is 0 Å². The van der Waals surface area contributed by atoms with Crippen LogP contribution < -0.4 is 5.73 Å². The Morgan fingerprint density at radius 2 is 1.77 bits per heavy atom. The quantitative estimate of drug-likeness (QED) is 0.644. The highest BCUT2D eigenvalue weighted by Crippen LogP contribution is 2.23. The topological polar surface area (TPSA) is 49.5 Å². The maximum absolute atomic E-state index is 9.19. The summed E-state index contributed by atoms with van der Waals surface area (Å²) < 4.78 is 0. The lowest BCUT2D eigenvalue weighted by atomic mass is 9.86. The highest BCUT2D eigenvalue weighted by Gasteiger charge is 2.32. The van der Waals surface area contributed by atoms with Crippen molar-refractivity contribution in [2.24, 2.45) is 11.7 Å². The van der Waals surface area contributed by atoms with Crippen LogP contribution in [-0.2, 0) is 0 Å². The number of rotatable bonds is 6. The molecule has 0 bridgehead atoms. The van der Waals surface area contributed by atoms with E-state index in [-0.39, 0.29) is 18.1 Å². The van der Waals surface area contributed by atoms with Crippen molar-refractivity contribution >= 4 is 0 Å². The summed E-state index contributed by atoms with van der Waals surface area (Å²) in [6.07, 6.45) is 0. The Balaban J connectivity index is 4.48. The van der Waals surface area contributed by atoms with Gasteiger partial charge >= 0.3 is 0 Å². The molecule has 0 heterocycles. The lowest BCUT2D eigenvalue weighted by Crippen LogP contribution is -2.52. The van der Waals surface area contributed by atoms with Crippen LogP contribution in [0.15, 0.2) is 0 Å². The van der Waals surface area contributed by atoms with E-state index in [2.05, 4.69) is 32.6 Å². The molecule has 80 valence electrons. The van der Waals surface area contributed by atoms with Gasteiger partial charge in [0.05, 0.1) is 0 Å². The fraction of sp³-hybridized carbons (Fsp3) is 1.00. The molecule has 0 saturated heterocycles. The first-order valence-corrected chi connectivity index (χ1v) is 5.10. The molecule has 13 heavy (non-hydrogen) atoms. The van der Waals surface area contributed by atoms with E-state index in [0.29, 0.717) is 6.54 Å². The monoisotopic (exact) mass is 188 g/mol. The smallest absolute Gasteiger partial charge is 0.0488 e. The van der Waals surface area contributed by atoms with Gasteiger partial charge in [0.1, 0.15) is 0 Å². The van der Waals surface area contributed by atoms with Gasteiger partial charge in [-0.1, -0.05) is 13.8 Å². The van der Waals surface area contributed by atoms with Crippen molar-refractivity contribution in [3.8, 4) is 0 Å². The maximum atomic E-state index is 9.19. The Kier molecular flexibility index (Phi) is 5.53. The largest absolute Gasteiger partial charge is 0.396 e. The van der Waals surface area contributed by atoms with Crippen molar-refractivity contribution in [2.75, 3.05) is 26.2 Å². The molecule has 3 heteroatoms. The highest BCUT2D eigenvalue weighted by atomic mass is 16.3. The maximum Gasteiger partial charge on any atom is 0.0488 e. The number of aliphatic hydroxyl groups excluding tert-OH is 1. The van der Waals surface area contributed by atoms with Crippen LogP contribution in [0.3, 0.4) is 0 Å². The minimum atomic E-state index is -0.00694. The summed E-state index contributed by atoms with van der Waals surface area (Å²) in [6, 6.07) is 0. The third kappa shape index (κ3) is 2.93. The van der Waals surface area contributed by atoms with E-state index in [1.807, 2.05) is 0 Å². The summed E-state index contributed by atoms with van der Waals surface area (Å²) in [4.78, 5) is 2.33. The average molecular weight is 188 g/mol. The molecule has 0 fully saturated rings. The molecule has 0 saturated carbocycles. The molecule has 0 aliphatic rings. The SMILES string of the molecule is CCN(CC)C(C)(C)C(CN)CO. The van der Waals surface area contributed by atoms with Crippen molar-refractivity contribution in [2.45, 2.75) is 33.2 Å². The Morgan fingerprint density at radius 3 is 2.00 bits per heavy atom. The molecule has 1 atom stereocenters. The zero-order chi connectivity index (χ0) is 10.5. The first-order valence-electron chi connectivity index (χ1n) is 5.10. The van der Waals surface area contributed by atoms with E-state index in [0.717, 1.165) is 13.1 Å². The zero-order valence-electron chi connectivity index (χ0n) is 9.38. The van der Waals surface area contributed by atoms with Gasteiger partial charge in [0.15, 0.2) is 0 Å². The normalized spacial score (nSPS) is 15.0. The van der Waals surface area contributed by atoms with Gasteiger partial charge in [0, 0.05) is 18.1 Å². The molecular formula is C10H24N2O. The van der Waals surface area contributed by atoms with Crippen LogP contribution >= 0.6 is 0 Å². The van der Waals surface area contributed by atoms with Crippen LogP contribution in [0.5, 0.6) is 0 Å². The van der Waals surface area contributed by atoms with Gasteiger partial charge in [-0.15, -0.1) is 0 Å². The van der Waals surface area contributed by atoms with Gasteiger partial charge in [0.25, 0.3) is 0 Å². The number of aliphatic hydroxyl groups is 1. The van der Waals surface area contributed by atoms with Crippen molar-refractivity contribution in [1.82, 2.24) is 4.90 Å². The molecule has 0 aromatic rings. The van der Waals surface area contributed by atoms with Gasteiger partial charge in [0.2, 0.25) is 0 Å². The number of hydrogen-bond donors (Lipinski definition) is 2. The summed E-state index contributed by atoms with van der Waals surface area (Å²) in [7, 11) is 0. The van der Waals surface area contributed by atoms with Crippen LogP contribution in [0.25, 0.3) is 0 Å². The summed E-state index contributed by atoms with van der Waals surface area (Å²) >= 11 is 0. The van der Waals surface area contributed by atoms with Crippen molar-refractivity contribution < 1.29 is 5.11 Å². The van der Waals surface area contributed by atoms with Crippen LogP contribution in [0.2, 0.25) is 0 Å². The number of nitrogens with zero attached hydrogens (tertiary/aromatic N) is 1. The van der Waals surface area contributed by atoms with Gasteiger partial charge in [-0.05, 0) is 33.5 Å². The second-order valence-electron chi connectivity index (χ2n) is 3.94. The molecule has 0 aliphatic carbocycles. The standard InChI is InChI=1S/C10H24N2O/c1-5-12(6-2)10(3,4)9(7-11)8-13/h9,13H,5-8,11H2,1-4H3. The molecule has 0 aromatic heterocycles. The lowest BCUT2D eigenvalue weighted by Gasteiger charge is -2.42. The Labute approximate surface area is 81.9 Å². The molecule has 0 spiro atoms. The van der Waals surface area contributed by atoms with Crippen molar-refractivity contribution in [3.63, 3.8) is 0 Å². The van der Waals surface area contributed by atoms with Gasteiger partial charge in [-0.3, -0.25) is 4.90 Å². The molecule has 3 nitrogen and oxygen atoms in total. The molecule has 3 N–H and O–H groups in total. The predicted molar refractivity (Wildman–Crippen MR) is 56.6 cm³/mol. The third-order valence-corrected chi connectivity index (χ3v) is 3.08. The van der Waals surface area contributed by atoms with E-state index in [1.54, 1.807) is 0 Å². The van der Waals surface area contributed by atoms with E-state index in [4.69, 9.17) is 5.73 Å². The zero-order valence-corrected chi connectivity index (χ0v) is 9.38.